The van der Waals surface area contributed by atoms with Crippen LogP contribution in [0.25, 0.3) is 10.9 Å². The van der Waals surface area contributed by atoms with Gasteiger partial charge in [-0.2, -0.15) is 5.10 Å². The fraction of sp³-hybridized carbons (Fsp3) is 0.0455. The highest BCUT2D eigenvalue weighted by atomic mass is 16.7. The molecule has 5 rings (SSSR count). The third-order valence-electron chi connectivity index (χ3n) is 4.70. The van der Waals surface area contributed by atoms with E-state index in [1.165, 1.54) is 0 Å². The average Bonchev–Trinajstić information content (AvgIpc) is 3.40. The van der Waals surface area contributed by atoms with Crippen molar-refractivity contribution in [1.82, 2.24) is 10.2 Å². The summed E-state index contributed by atoms with van der Waals surface area (Å²) in [6.45, 7) is 0.146. The van der Waals surface area contributed by atoms with Crippen molar-refractivity contribution in [1.29, 1.82) is 0 Å². The second kappa shape index (κ2) is 7.25. The number of H-pyrrole nitrogens is 1. The topological polar surface area (TPSA) is 105 Å². The third kappa shape index (κ3) is 3.30. The molecule has 30 heavy (non-hydrogen) atoms. The van der Waals surface area contributed by atoms with E-state index in [1.807, 2.05) is 24.3 Å². The minimum absolute atomic E-state index is 0.146. The normalized spacial score (nSPS) is 12.0. The highest BCUT2D eigenvalue weighted by Gasteiger charge is 2.17. The Morgan fingerprint density at radius 2 is 1.60 bits per heavy atom. The number of hydrogen-bond donors (Lipinski definition) is 3. The first-order valence-corrected chi connectivity index (χ1v) is 9.23. The summed E-state index contributed by atoms with van der Waals surface area (Å²) in [7, 11) is 0. The number of para-hydroxylation sites is 1. The Bertz CT molecular complexity index is 1280. The maximum atomic E-state index is 12.6. The van der Waals surface area contributed by atoms with E-state index in [4.69, 9.17) is 9.47 Å². The second-order valence-corrected chi connectivity index (χ2v) is 6.67. The maximum absolute atomic E-state index is 12.6. The van der Waals surface area contributed by atoms with E-state index in [0.717, 1.165) is 10.9 Å². The molecule has 0 spiro atoms. The molecule has 8 heteroatoms. The standard InChI is InChI=1S/C22H16N4O4/c27-21(13-8-9-18-19(10-13)30-12-29-18)23-14-4-3-5-15(11-14)24-22(28)20-16-6-1-2-7-17(16)25-26-20/h1-11H,12H2,(H,23,27)(H,24,28)(H,25,26). The van der Waals surface area contributed by atoms with Gasteiger partial charge in [0.1, 0.15) is 0 Å². The molecule has 4 aromatic rings. The van der Waals surface area contributed by atoms with Crippen molar-refractivity contribution in [2.24, 2.45) is 0 Å². The molecule has 0 aliphatic carbocycles. The van der Waals surface area contributed by atoms with Crippen LogP contribution in [0, 0.1) is 0 Å². The lowest BCUT2D eigenvalue weighted by Gasteiger charge is -2.09. The summed E-state index contributed by atoms with van der Waals surface area (Å²) >= 11 is 0. The van der Waals surface area contributed by atoms with Crippen LogP contribution in [0.3, 0.4) is 0 Å². The first-order valence-electron chi connectivity index (χ1n) is 9.23. The second-order valence-electron chi connectivity index (χ2n) is 6.67. The SMILES string of the molecule is O=C(Nc1cccc(NC(=O)c2n[nH]c3ccccc23)c1)c1ccc2c(c1)OCO2. The number of hydrogen-bond acceptors (Lipinski definition) is 5. The minimum atomic E-state index is -0.341. The predicted molar refractivity (Wildman–Crippen MR) is 111 cm³/mol. The number of fused-ring (bicyclic) bond motifs is 2. The van der Waals surface area contributed by atoms with Gasteiger partial charge < -0.3 is 20.1 Å². The van der Waals surface area contributed by atoms with Gasteiger partial charge in [0.2, 0.25) is 6.79 Å². The quantitative estimate of drug-likeness (QED) is 0.483. The lowest BCUT2D eigenvalue weighted by molar-refractivity contribution is 0.101. The maximum Gasteiger partial charge on any atom is 0.276 e. The van der Waals surface area contributed by atoms with Crippen molar-refractivity contribution in [3.05, 3.63) is 78.0 Å². The van der Waals surface area contributed by atoms with Gasteiger partial charge >= 0.3 is 0 Å². The average molecular weight is 400 g/mol. The Morgan fingerprint density at radius 3 is 2.47 bits per heavy atom. The molecule has 1 aliphatic heterocycles. The summed E-state index contributed by atoms with van der Waals surface area (Å²) in [4.78, 5) is 25.2. The van der Waals surface area contributed by atoms with Crippen LogP contribution in [0.5, 0.6) is 11.5 Å². The van der Waals surface area contributed by atoms with Gasteiger partial charge in [-0.25, -0.2) is 0 Å². The Kier molecular flexibility index (Phi) is 4.29. The predicted octanol–water partition coefficient (Wildman–Crippen LogP) is 3.80. The number of carbonyl (C=O) groups excluding carboxylic acids is 2. The van der Waals surface area contributed by atoms with E-state index in [0.29, 0.717) is 34.1 Å². The summed E-state index contributed by atoms with van der Waals surface area (Å²) in [6, 6.07) is 19.3. The molecule has 148 valence electrons. The van der Waals surface area contributed by atoms with Crippen LogP contribution in [0.15, 0.2) is 66.7 Å². The molecule has 0 saturated carbocycles. The molecule has 0 saturated heterocycles. The molecule has 3 N–H and O–H groups in total. The van der Waals surface area contributed by atoms with Crippen LogP contribution in [-0.4, -0.2) is 28.8 Å². The van der Waals surface area contributed by atoms with Crippen molar-refractivity contribution in [3.63, 3.8) is 0 Å². The molecule has 2 amide bonds. The van der Waals surface area contributed by atoms with Crippen LogP contribution in [-0.2, 0) is 0 Å². The number of anilines is 2. The number of aromatic amines is 1. The number of nitrogens with one attached hydrogen (secondary N) is 3. The minimum Gasteiger partial charge on any atom is -0.454 e. The molecular formula is C22H16N4O4. The molecule has 0 radical (unpaired) electrons. The smallest absolute Gasteiger partial charge is 0.276 e. The van der Waals surface area contributed by atoms with Gasteiger partial charge in [-0.3, -0.25) is 14.7 Å². The van der Waals surface area contributed by atoms with E-state index < -0.39 is 0 Å². The van der Waals surface area contributed by atoms with Gasteiger partial charge in [-0.05, 0) is 42.5 Å². The molecule has 3 aromatic carbocycles. The van der Waals surface area contributed by atoms with Gasteiger partial charge in [0, 0.05) is 22.3 Å². The highest BCUT2D eigenvalue weighted by molar-refractivity contribution is 6.11. The first kappa shape index (κ1) is 17.7. The lowest BCUT2D eigenvalue weighted by atomic mass is 10.1. The fourth-order valence-electron chi connectivity index (χ4n) is 3.24. The van der Waals surface area contributed by atoms with Crippen LogP contribution < -0.4 is 20.1 Å². The Labute approximate surface area is 170 Å². The zero-order chi connectivity index (χ0) is 20.5. The summed E-state index contributed by atoms with van der Waals surface area (Å²) in [6.07, 6.45) is 0. The van der Waals surface area contributed by atoms with Crippen molar-refractivity contribution in [3.8, 4) is 11.5 Å². The van der Waals surface area contributed by atoms with E-state index >= 15 is 0 Å². The van der Waals surface area contributed by atoms with Gasteiger partial charge in [-0.15, -0.1) is 0 Å². The highest BCUT2D eigenvalue weighted by Crippen LogP contribution is 2.32. The van der Waals surface area contributed by atoms with Crippen molar-refractivity contribution in [2.45, 2.75) is 0 Å². The Morgan fingerprint density at radius 1 is 0.833 bits per heavy atom. The van der Waals surface area contributed by atoms with Crippen LogP contribution in [0.1, 0.15) is 20.8 Å². The number of benzene rings is 3. The summed E-state index contributed by atoms with van der Waals surface area (Å²) in [5, 5.41) is 13.3. The van der Waals surface area contributed by atoms with Gasteiger partial charge in [0.25, 0.3) is 11.8 Å². The van der Waals surface area contributed by atoms with E-state index in [1.54, 1.807) is 42.5 Å². The van der Waals surface area contributed by atoms with Crippen LogP contribution in [0.2, 0.25) is 0 Å². The number of rotatable bonds is 4. The summed E-state index contributed by atoms with van der Waals surface area (Å²) in [5.41, 5.74) is 2.61. The largest absolute Gasteiger partial charge is 0.454 e. The molecular weight excluding hydrogens is 384 g/mol. The van der Waals surface area contributed by atoms with E-state index in [2.05, 4.69) is 20.8 Å². The van der Waals surface area contributed by atoms with E-state index in [-0.39, 0.29) is 18.6 Å². The van der Waals surface area contributed by atoms with E-state index in [9.17, 15) is 9.59 Å². The molecule has 8 nitrogen and oxygen atoms in total. The number of nitrogens with zero attached hydrogens (tertiary/aromatic N) is 1. The molecule has 1 aromatic heterocycles. The molecule has 0 fully saturated rings. The van der Waals surface area contributed by atoms with Gasteiger partial charge in [0.05, 0.1) is 5.52 Å². The number of ether oxygens (including phenoxy) is 2. The summed E-state index contributed by atoms with van der Waals surface area (Å²) < 4.78 is 10.6. The van der Waals surface area contributed by atoms with Gasteiger partial charge in [0.15, 0.2) is 17.2 Å². The third-order valence-corrected chi connectivity index (χ3v) is 4.70. The van der Waals surface area contributed by atoms with Crippen molar-refractivity contribution < 1.29 is 19.1 Å². The number of aromatic nitrogens is 2. The van der Waals surface area contributed by atoms with Crippen LogP contribution in [0.4, 0.5) is 11.4 Å². The van der Waals surface area contributed by atoms with Crippen LogP contribution >= 0.6 is 0 Å². The molecule has 0 bridgehead atoms. The zero-order valence-electron chi connectivity index (χ0n) is 15.6. The van der Waals surface area contributed by atoms with Gasteiger partial charge in [-0.1, -0.05) is 24.3 Å². The molecule has 0 atom stereocenters. The van der Waals surface area contributed by atoms with Crippen molar-refractivity contribution >= 4 is 34.1 Å². The summed E-state index contributed by atoms with van der Waals surface area (Å²) in [5.74, 6) is 0.513. The number of amides is 2. The Hall–Kier alpha value is -4.33. The zero-order valence-corrected chi connectivity index (χ0v) is 15.6. The Balaban J connectivity index is 1.31. The number of carbonyl (C=O) groups is 2. The molecule has 1 aliphatic rings. The lowest BCUT2D eigenvalue weighted by Crippen LogP contribution is -2.14. The first-order chi connectivity index (χ1) is 14.7. The monoisotopic (exact) mass is 400 g/mol. The molecule has 0 unspecified atom stereocenters. The van der Waals surface area contributed by atoms with Crippen molar-refractivity contribution in [2.75, 3.05) is 17.4 Å². The fourth-order valence-corrected chi connectivity index (χ4v) is 3.24. The molecule has 2 heterocycles.